The first-order valence-electron chi connectivity index (χ1n) is 8.73. The molecule has 4 amide bonds. The third-order valence-electron chi connectivity index (χ3n) is 4.69. The van der Waals surface area contributed by atoms with Crippen LogP contribution < -0.4 is 16.0 Å². The molecule has 0 aliphatic carbocycles. The molecule has 30 heavy (non-hydrogen) atoms. The van der Waals surface area contributed by atoms with Gasteiger partial charge in [0.05, 0.1) is 0 Å². The van der Waals surface area contributed by atoms with E-state index >= 15 is 0 Å². The molecule has 11 heteroatoms. The van der Waals surface area contributed by atoms with Crippen molar-refractivity contribution >= 4 is 33.6 Å². The molecule has 1 fully saturated rings. The van der Waals surface area contributed by atoms with Gasteiger partial charge in [0.1, 0.15) is 16.3 Å². The lowest BCUT2D eigenvalue weighted by atomic mass is 9.92. The Hall–Kier alpha value is -3.31. The van der Waals surface area contributed by atoms with Gasteiger partial charge in [0, 0.05) is 25.3 Å². The maximum Gasteiger partial charge on any atom is 0.322 e. The minimum absolute atomic E-state index is 0.0691. The number of hydrogen-bond donors (Lipinski definition) is 3. The average Bonchev–Trinajstić information content (AvgIpc) is 2.94. The lowest BCUT2D eigenvalue weighted by molar-refractivity contribution is -0.123. The molecular weight excluding hydrogens is 415 g/mol. The highest BCUT2D eigenvalue weighted by atomic mass is 32.2. The molecule has 1 aliphatic heterocycles. The summed E-state index contributed by atoms with van der Waals surface area (Å²) in [6.07, 6.45) is 0. The van der Waals surface area contributed by atoms with Gasteiger partial charge in [-0.15, -0.1) is 0 Å². The molecule has 1 unspecified atom stereocenters. The minimum atomic E-state index is -4.08. The van der Waals surface area contributed by atoms with E-state index in [9.17, 15) is 27.2 Å². The van der Waals surface area contributed by atoms with Crippen LogP contribution in [-0.4, -0.2) is 44.7 Å². The highest BCUT2D eigenvalue weighted by Gasteiger charge is 2.43. The number of imide groups is 1. The summed E-state index contributed by atoms with van der Waals surface area (Å²) < 4.78 is 39.4. The van der Waals surface area contributed by atoms with E-state index in [1.54, 1.807) is 18.2 Å². The van der Waals surface area contributed by atoms with Crippen molar-refractivity contribution in [2.75, 3.05) is 19.4 Å². The van der Waals surface area contributed by atoms with Gasteiger partial charge in [0.15, 0.2) is 0 Å². The second-order valence-electron chi connectivity index (χ2n) is 7.00. The minimum Gasteiger partial charge on any atom is -0.322 e. The zero-order valence-electron chi connectivity index (χ0n) is 16.3. The molecule has 0 saturated carbocycles. The van der Waals surface area contributed by atoms with E-state index in [0.717, 1.165) is 22.5 Å². The van der Waals surface area contributed by atoms with Crippen LogP contribution in [0.2, 0.25) is 0 Å². The number of carbonyl (C=O) groups is 3. The second-order valence-corrected chi connectivity index (χ2v) is 9.12. The van der Waals surface area contributed by atoms with Crippen LogP contribution in [0.3, 0.4) is 0 Å². The largest absolute Gasteiger partial charge is 0.322 e. The zero-order chi connectivity index (χ0) is 22.3. The maximum absolute atomic E-state index is 14.0. The highest BCUT2D eigenvalue weighted by molar-refractivity contribution is 7.89. The smallest absolute Gasteiger partial charge is 0.322 e. The summed E-state index contributed by atoms with van der Waals surface area (Å²) in [6, 6.07) is 8.65. The zero-order valence-corrected chi connectivity index (χ0v) is 17.1. The van der Waals surface area contributed by atoms with Crippen LogP contribution in [0.25, 0.3) is 0 Å². The van der Waals surface area contributed by atoms with E-state index in [0.29, 0.717) is 11.3 Å². The van der Waals surface area contributed by atoms with E-state index in [2.05, 4.69) is 16.0 Å². The van der Waals surface area contributed by atoms with Crippen molar-refractivity contribution in [3.63, 3.8) is 0 Å². The van der Waals surface area contributed by atoms with Crippen molar-refractivity contribution in [1.29, 1.82) is 0 Å². The molecule has 1 heterocycles. The van der Waals surface area contributed by atoms with Crippen LogP contribution in [0.1, 0.15) is 22.8 Å². The Morgan fingerprint density at radius 3 is 2.43 bits per heavy atom. The number of amides is 4. The van der Waals surface area contributed by atoms with Crippen LogP contribution >= 0.6 is 0 Å². The lowest BCUT2D eigenvalue weighted by Crippen LogP contribution is -2.40. The van der Waals surface area contributed by atoms with Crippen molar-refractivity contribution in [2.45, 2.75) is 17.4 Å². The molecule has 3 N–H and O–H groups in total. The molecule has 0 spiro atoms. The van der Waals surface area contributed by atoms with E-state index < -0.39 is 44.1 Å². The fourth-order valence-electron chi connectivity index (χ4n) is 2.90. The molecule has 1 atom stereocenters. The predicted molar refractivity (Wildman–Crippen MR) is 106 cm³/mol. The van der Waals surface area contributed by atoms with Crippen LogP contribution in [0.15, 0.2) is 47.4 Å². The maximum atomic E-state index is 14.0. The Bertz CT molecular complexity index is 1170. The second kappa shape index (κ2) is 7.50. The fraction of sp³-hybridized carbons (Fsp3) is 0.211. The highest BCUT2D eigenvalue weighted by Crippen LogP contribution is 2.27. The Morgan fingerprint density at radius 1 is 1.13 bits per heavy atom. The Kier molecular flexibility index (Phi) is 5.35. The van der Waals surface area contributed by atoms with Gasteiger partial charge >= 0.3 is 6.03 Å². The van der Waals surface area contributed by atoms with E-state index in [4.69, 9.17) is 0 Å². The normalized spacial score (nSPS) is 18.8. The molecule has 0 bridgehead atoms. The lowest BCUT2D eigenvalue weighted by Gasteiger charge is -2.21. The van der Waals surface area contributed by atoms with Crippen molar-refractivity contribution in [3.8, 4) is 0 Å². The number of rotatable bonds is 5. The van der Waals surface area contributed by atoms with Crippen molar-refractivity contribution in [1.82, 2.24) is 14.9 Å². The van der Waals surface area contributed by atoms with Gasteiger partial charge in [-0.2, -0.15) is 0 Å². The number of benzene rings is 2. The van der Waals surface area contributed by atoms with Gasteiger partial charge < -0.3 is 10.6 Å². The number of sulfonamides is 1. The molecule has 0 aromatic heterocycles. The third kappa shape index (κ3) is 3.76. The standard InChI is InChI=1S/C19H19FN4O5S/c1-19(17(26)22-18(27)23-19)12-5-4-6-13(10-12)21-16(25)11-7-8-14(20)15(9-11)30(28,29)24(2)3/h4-10H,1-3H3,(H,21,25)(H2,22,23,26,27). The molecule has 9 nitrogen and oxygen atoms in total. The fourth-order valence-corrected chi connectivity index (χ4v) is 3.88. The molecule has 2 aromatic rings. The van der Waals surface area contributed by atoms with Crippen LogP contribution in [0, 0.1) is 5.82 Å². The van der Waals surface area contributed by atoms with Crippen molar-refractivity contribution in [3.05, 3.63) is 59.4 Å². The predicted octanol–water partition coefficient (Wildman–Crippen LogP) is 1.38. The number of urea groups is 1. The molecule has 0 radical (unpaired) electrons. The van der Waals surface area contributed by atoms with Gasteiger partial charge in [0.2, 0.25) is 10.0 Å². The average molecular weight is 434 g/mol. The Labute approximate surface area is 172 Å². The summed E-state index contributed by atoms with van der Waals surface area (Å²) in [4.78, 5) is 35.6. The molecule has 1 saturated heterocycles. The summed E-state index contributed by atoms with van der Waals surface area (Å²) in [7, 11) is -1.57. The van der Waals surface area contributed by atoms with Gasteiger partial charge in [-0.3, -0.25) is 14.9 Å². The van der Waals surface area contributed by atoms with E-state index in [-0.39, 0.29) is 5.56 Å². The number of carbonyl (C=O) groups excluding carboxylic acids is 3. The number of nitrogens with zero attached hydrogens (tertiary/aromatic N) is 1. The molecule has 3 rings (SSSR count). The SMILES string of the molecule is CN(C)S(=O)(=O)c1cc(C(=O)Nc2cccc(C3(C)NC(=O)NC3=O)c2)ccc1F. The number of nitrogens with one attached hydrogen (secondary N) is 3. The summed E-state index contributed by atoms with van der Waals surface area (Å²) in [5.74, 6) is -2.18. The molecule has 158 valence electrons. The van der Waals surface area contributed by atoms with Gasteiger partial charge in [0.25, 0.3) is 11.8 Å². The van der Waals surface area contributed by atoms with Crippen molar-refractivity contribution < 1.29 is 27.2 Å². The Morgan fingerprint density at radius 2 is 1.83 bits per heavy atom. The number of hydrogen-bond acceptors (Lipinski definition) is 5. The van der Waals surface area contributed by atoms with Crippen LogP contribution in [0.4, 0.5) is 14.9 Å². The quantitative estimate of drug-likeness (QED) is 0.614. The summed E-state index contributed by atoms with van der Waals surface area (Å²) in [5, 5.41) is 7.26. The first kappa shape index (κ1) is 21.4. The monoisotopic (exact) mass is 434 g/mol. The molecule has 2 aromatic carbocycles. The van der Waals surface area contributed by atoms with Crippen LogP contribution in [0.5, 0.6) is 0 Å². The van der Waals surface area contributed by atoms with E-state index in [1.807, 2.05) is 0 Å². The Balaban J connectivity index is 1.89. The van der Waals surface area contributed by atoms with Crippen LogP contribution in [-0.2, 0) is 20.4 Å². The van der Waals surface area contributed by atoms with E-state index in [1.165, 1.54) is 27.1 Å². The molecule has 1 aliphatic rings. The summed E-state index contributed by atoms with van der Waals surface area (Å²) in [5.41, 5.74) is -0.645. The van der Waals surface area contributed by atoms with Crippen molar-refractivity contribution in [2.24, 2.45) is 0 Å². The summed E-state index contributed by atoms with van der Waals surface area (Å²) >= 11 is 0. The van der Waals surface area contributed by atoms with Gasteiger partial charge in [-0.1, -0.05) is 12.1 Å². The third-order valence-corrected chi connectivity index (χ3v) is 6.52. The number of halogens is 1. The van der Waals surface area contributed by atoms with Gasteiger partial charge in [-0.05, 0) is 42.8 Å². The molecular formula is C19H19FN4O5S. The summed E-state index contributed by atoms with van der Waals surface area (Å²) in [6.45, 7) is 1.52. The first-order valence-corrected chi connectivity index (χ1v) is 10.2. The first-order chi connectivity index (χ1) is 13.9. The topological polar surface area (TPSA) is 125 Å². The number of anilines is 1. The van der Waals surface area contributed by atoms with Gasteiger partial charge in [-0.25, -0.2) is 21.9 Å².